The summed E-state index contributed by atoms with van der Waals surface area (Å²) >= 11 is 0. The first-order valence-corrected chi connectivity index (χ1v) is 18.1. The van der Waals surface area contributed by atoms with Crippen LogP contribution in [-0.4, -0.2) is 0 Å². The zero-order chi connectivity index (χ0) is 34.9. The highest BCUT2D eigenvalue weighted by Gasteiger charge is 2.47. The Morgan fingerprint density at radius 2 is 0.941 bits per heavy atom. The van der Waals surface area contributed by atoms with Gasteiger partial charge >= 0.3 is 0 Å². The Morgan fingerprint density at radius 1 is 0.451 bits per heavy atom. The van der Waals surface area contributed by atoms with E-state index in [1.54, 1.807) is 54.6 Å². The summed E-state index contributed by atoms with van der Waals surface area (Å²) in [6.07, 6.45) is 0. The molecule has 8 aromatic carbocycles. The fraction of sp³-hybridized carbons (Fsp3) is 0. The van der Waals surface area contributed by atoms with Crippen molar-refractivity contribution in [2.45, 2.75) is 0 Å². The minimum absolute atomic E-state index is 0.0652. The van der Waals surface area contributed by atoms with Crippen LogP contribution in [0.25, 0.3) is 54.9 Å². The highest BCUT2D eigenvalue weighted by molar-refractivity contribution is 7.81. The predicted octanol–water partition coefficient (Wildman–Crippen LogP) is 11.9. The molecule has 1 aliphatic rings. The zero-order valence-electron chi connectivity index (χ0n) is 26.8. The molecular weight excluding hydrogens is 665 g/mol. The van der Waals surface area contributed by atoms with Crippen LogP contribution in [0.15, 0.2) is 158 Å². The molecule has 1 atom stereocenters. The summed E-state index contributed by atoms with van der Waals surface area (Å²) in [5.41, 5.74) is 5.90. The Kier molecular flexibility index (Phi) is 7.20. The molecule has 1 heterocycles. The van der Waals surface area contributed by atoms with Crippen LogP contribution < -0.4 is 15.3 Å². The van der Waals surface area contributed by atoms with Crippen molar-refractivity contribution in [1.82, 2.24) is 0 Å². The lowest BCUT2D eigenvalue weighted by molar-refractivity contribution is 0.461. The van der Waals surface area contributed by atoms with Crippen molar-refractivity contribution in [3.8, 4) is 33.4 Å². The topological polar surface area (TPSA) is 20.3 Å². The number of nitrogens with zero attached hydrogens (tertiary/aromatic N) is 1. The monoisotopic (exact) mass is 691 g/mol. The predicted molar refractivity (Wildman–Crippen MR) is 199 cm³/mol. The molecule has 0 saturated carbocycles. The number of fused-ring (bicyclic) bond motifs is 5. The first-order valence-electron chi connectivity index (χ1n) is 16.4. The third-order valence-electron chi connectivity index (χ3n) is 9.70. The van der Waals surface area contributed by atoms with E-state index in [1.807, 2.05) is 54.6 Å². The van der Waals surface area contributed by atoms with E-state index in [0.29, 0.717) is 22.5 Å². The summed E-state index contributed by atoms with van der Waals surface area (Å²) < 4.78 is 78.3. The van der Waals surface area contributed by atoms with Gasteiger partial charge in [-0.25, -0.2) is 17.6 Å². The van der Waals surface area contributed by atoms with Crippen molar-refractivity contribution in [2.24, 2.45) is 0 Å². The van der Waals surface area contributed by atoms with Crippen LogP contribution >= 0.6 is 7.29 Å². The summed E-state index contributed by atoms with van der Waals surface area (Å²) in [6, 6.07) is 47.7. The molecule has 2 nitrogen and oxygen atoms in total. The number of rotatable bonds is 4. The lowest BCUT2D eigenvalue weighted by Gasteiger charge is -2.40. The van der Waals surface area contributed by atoms with Gasteiger partial charge in [0.15, 0.2) is 23.3 Å². The molecule has 0 saturated heterocycles. The quantitative estimate of drug-likeness (QED) is 0.0792. The van der Waals surface area contributed by atoms with Crippen LogP contribution in [0, 0.1) is 23.3 Å². The van der Waals surface area contributed by atoms with E-state index in [9.17, 15) is 8.78 Å². The smallest absolute Gasteiger partial charge is 0.240 e. The van der Waals surface area contributed by atoms with Crippen molar-refractivity contribution in [1.29, 1.82) is 0 Å². The average molecular weight is 692 g/mol. The molecule has 1 aliphatic heterocycles. The number of halogens is 4. The zero-order valence-corrected chi connectivity index (χ0v) is 27.7. The molecule has 0 aliphatic carbocycles. The minimum atomic E-state index is -4.65. The van der Waals surface area contributed by atoms with Gasteiger partial charge in [0.25, 0.3) is 0 Å². The van der Waals surface area contributed by atoms with Gasteiger partial charge in [-0.3, -0.25) is 9.24 Å². The first-order chi connectivity index (χ1) is 24.9. The van der Waals surface area contributed by atoms with E-state index in [1.165, 1.54) is 10.7 Å². The molecule has 0 aromatic heterocycles. The Hall–Kier alpha value is -5.97. The van der Waals surface area contributed by atoms with Crippen LogP contribution in [-0.2, 0) is 4.57 Å². The number of para-hydroxylation sites is 1. The van der Waals surface area contributed by atoms with Crippen LogP contribution in [0.2, 0.25) is 0 Å². The summed E-state index contributed by atoms with van der Waals surface area (Å²) in [5.74, 6) is -6.62. The second-order valence-electron chi connectivity index (χ2n) is 12.5. The fourth-order valence-corrected chi connectivity index (χ4v) is 10.7. The Bertz CT molecular complexity index is 2650. The van der Waals surface area contributed by atoms with Crippen molar-refractivity contribution in [3.63, 3.8) is 0 Å². The molecule has 51 heavy (non-hydrogen) atoms. The van der Waals surface area contributed by atoms with Gasteiger partial charge in [-0.2, -0.15) is 0 Å². The van der Waals surface area contributed by atoms with E-state index in [2.05, 4.69) is 36.4 Å². The molecule has 9 rings (SSSR count). The van der Waals surface area contributed by atoms with E-state index in [0.717, 1.165) is 43.8 Å². The van der Waals surface area contributed by atoms with Crippen LogP contribution in [0.4, 0.5) is 28.9 Å². The third-order valence-corrected chi connectivity index (χ3v) is 12.8. The van der Waals surface area contributed by atoms with Crippen molar-refractivity contribution in [3.05, 3.63) is 181 Å². The molecule has 0 bridgehead atoms. The summed E-state index contributed by atoms with van der Waals surface area (Å²) in [7, 11) is -4.65. The van der Waals surface area contributed by atoms with E-state index in [4.69, 9.17) is 0 Å². The fourth-order valence-electron chi connectivity index (χ4n) is 7.59. The van der Waals surface area contributed by atoms with Gasteiger partial charge < -0.3 is 0 Å². The first kappa shape index (κ1) is 31.0. The van der Waals surface area contributed by atoms with Gasteiger partial charge in [0, 0.05) is 22.6 Å². The Morgan fingerprint density at radius 3 is 1.53 bits per heavy atom. The second-order valence-corrected chi connectivity index (χ2v) is 15.0. The highest BCUT2D eigenvalue weighted by Crippen LogP contribution is 2.62. The van der Waals surface area contributed by atoms with Crippen molar-refractivity contribution < 1.29 is 22.1 Å². The Labute approximate surface area is 291 Å². The maximum absolute atomic E-state index is 15.8. The molecule has 0 fully saturated rings. The molecule has 246 valence electrons. The standard InChI is InChI=1S/C44H26F4NOP/c45-36-26-37(46)43(48)44(42(36)47)51(50)39-22-12-11-17-30(39)35-25-28(23-24-38(35)49(51)29-15-5-2-6-16-29)41-33-20-9-7-18-31(33)40(27-13-3-1-4-14-27)32-19-8-10-21-34(32)41/h1-26H. The lowest BCUT2D eigenvalue weighted by Crippen LogP contribution is -2.37. The maximum atomic E-state index is 15.8. The van der Waals surface area contributed by atoms with Gasteiger partial charge in [0.1, 0.15) is 5.30 Å². The molecule has 0 amide bonds. The average Bonchev–Trinajstić information content (AvgIpc) is 3.17. The SMILES string of the molecule is O=P1(c2c(F)c(F)cc(F)c2F)c2ccccc2-c2cc(-c3c4ccccc4c(-c4ccccc4)c4ccccc34)ccc2N1c1ccccc1. The molecular formula is C44H26F4NOP. The summed E-state index contributed by atoms with van der Waals surface area (Å²) in [5, 5.41) is 3.14. The number of anilines is 2. The molecule has 0 spiro atoms. The second kappa shape index (κ2) is 11.8. The number of hydrogen-bond donors (Lipinski definition) is 0. The summed E-state index contributed by atoms with van der Waals surface area (Å²) in [6.45, 7) is 0. The van der Waals surface area contributed by atoms with E-state index < -0.39 is 35.9 Å². The number of hydrogen-bond acceptors (Lipinski definition) is 1. The van der Waals surface area contributed by atoms with Gasteiger partial charge in [-0.05, 0) is 79.7 Å². The van der Waals surface area contributed by atoms with Crippen LogP contribution in [0.3, 0.4) is 0 Å². The van der Waals surface area contributed by atoms with Crippen molar-refractivity contribution in [2.75, 3.05) is 4.67 Å². The normalized spacial score (nSPS) is 15.2. The van der Waals surface area contributed by atoms with Crippen LogP contribution in [0.5, 0.6) is 0 Å². The highest BCUT2D eigenvalue weighted by atomic mass is 31.2. The van der Waals surface area contributed by atoms with E-state index in [-0.39, 0.29) is 11.4 Å². The molecule has 0 N–H and O–H groups in total. The molecule has 8 aromatic rings. The van der Waals surface area contributed by atoms with E-state index >= 15 is 13.3 Å². The van der Waals surface area contributed by atoms with Crippen LogP contribution in [0.1, 0.15) is 0 Å². The maximum Gasteiger partial charge on any atom is 0.240 e. The van der Waals surface area contributed by atoms with Gasteiger partial charge in [-0.15, -0.1) is 0 Å². The van der Waals surface area contributed by atoms with Gasteiger partial charge in [-0.1, -0.05) is 121 Å². The third kappa shape index (κ3) is 4.60. The Balaban J connectivity index is 1.37. The van der Waals surface area contributed by atoms with Gasteiger partial charge in [0.2, 0.25) is 7.29 Å². The minimum Gasteiger partial charge on any atom is -0.289 e. The number of benzene rings is 8. The summed E-state index contributed by atoms with van der Waals surface area (Å²) in [4.78, 5) is 0. The molecule has 1 unspecified atom stereocenters. The van der Waals surface area contributed by atoms with Crippen molar-refractivity contribution >= 4 is 50.8 Å². The molecule has 0 radical (unpaired) electrons. The largest absolute Gasteiger partial charge is 0.289 e. The van der Waals surface area contributed by atoms with Gasteiger partial charge in [0.05, 0.1) is 5.69 Å². The molecule has 7 heteroatoms. The lowest BCUT2D eigenvalue weighted by atomic mass is 9.85.